The highest BCUT2D eigenvalue weighted by atomic mass is 32.1. The number of anilines is 1. The largest absolute Gasteiger partial charge is 0.356 e. The van der Waals surface area contributed by atoms with Crippen molar-refractivity contribution in [3.63, 3.8) is 0 Å². The molecule has 5 heteroatoms. The number of aryl methyl sites for hydroxylation is 2. The number of hydrogen-bond acceptors (Lipinski definition) is 1. The zero-order valence-electron chi connectivity index (χ0n) is 13.4. The molecule has 0 aliphatic carbocycles. The molecule has 1 atom stereocenters. The summed E-state index contributed by atoms with van der Waals surface area (Å²) in [5.74, 6) is -1.34. The highest BCUT2D eigenvalue weighted by Gasteiger charge is 2.15. The maximum absolute atomic E-state index is 13.7. The van der Waals surface area contributed by atoms with E-state index in [2.05, 4.69) is 22.8 Å². The monoisotopic (exact) mass is 334 g/mol. The van der Waals surface area contributed by atoms with Gasteiger partial charge in [-0.25, -0.2) is 8.78 Å². The van der Waals surface area contributed by atoms with Gasteiger partial charge in [-0.1, -0.05) is 36.8 Å². The van der Waals surface area contributed by atoms with Crippen LogP contribution < -0.4 is 10.6 Å². The molecule has 0 aliphatic rings. The lowest BCUT2D eigenvalue weighted by molar-refractivity contribution is 0.589. The Hall–Kier alpha value is -2.01. The molecule has 0 saturated carbocycles. The SMILES string of the molecule is CC[C@@H](NC(=S)Nc1c(F)cccc1F)c1ccc(C)cc1C. The summed E-state index contributed by atoms with van der Waals surface area (Å²) < 4.78 is 27.3. The smallest absolute Gasteiger partial charge is 0.171 e. The van der Waals surface area contributed by atoms with Crippen LogP contribution in [0.25, 0.3) is 0 Å². The third-order valence-corrected chi connectivity index (χ3v) is 3.94. The van der Waals surface area contributed by atoms with E-state index >= 15 is 0 Å². The maximum Gasteiger partial charge on any atom is 0.171 e. The summed E-state index contributed by atoms with van der Waals surface area (Å²) in [4.78, 5) is 0. The van der Waals surface area contributed by atoms with Gasteiger partial charge in [0.15, 0.2) is 5.11 Å². The summed E-state index contributed by atoms with van der Waals surface area (Å²) in [5, 5.41) is 5.94. The van der Waals surface area contributed by atoms with E-state index < -0.39 is 11.6 Å². The van der Waals surface area contributed by atoms with Crippen molar-refractivity contribution in [1.82, 2.24) is 5.32 Å². The molecule has 122 valence electrons. The fourth-order valence-electron chi connectivity index (χ4n) is 2.54. The van der Waals surface area contributed by atoms with E-state index in [1.165, 1.54) is 23.8 Å². The molecule has 2 rings (SSSR count). The standard InChI is InChI=1S/C18H20F2N2S/c1-4-16(13-9-8-11(2)10-12(13)3)21-18(23)22-17-14(19)6-5-7-15(17)20/h5-10,16H,4H2,1-3H3,(H2,21,22,23)/t16-/m1/s1. The molecule has 0 saturated heterocycles. The lowest BCUT2D eigenvalue weighted by Crippen LogP contribution is -2.33. The molecule has 0 bridgehead atoms. The highest BCUT2D eigenvalue weighted by Crippen LogP contribution is 2.23. The van der Waals surface area contributed by atoms with Crippen LogP contribution in [0.1, 0.15) is 36.1 Å². The van der Waals surface area contributed by atoms with Crippen LogP contribution in [-0.2, 0) is 0 Å². The van der Waals surface area contributed by atoms with Crippen LogP contribution in [0.3, 0.4) is 0 Å². The van der Waals surface area contributed by atoms with E-state index in [-0.39, 0.29) is 16.8 Å². The van der Waals surface area contributed by atoms with Crippen molar-refractivity contribution >= 4 is 23.0 Å². The molecule has 0 aromatic heterocycles. The quantitative estimate of drug-likeness (QED) is 0.768. The minimum atomic E-state index is -0.672. The molecule has 0 heterocycles. The van der Waals surface area contributed by atoms with Crippen LogP contribution in [0.4, 0.5) is 14.5 Å². The van der Waals surface area contributed by atoms with Crippen molar-refractivity contribution in [3.05, 3.63) is 64.7 Å². The molecule has 0 amide bonds. The van der Waals surface area contributed by atoms with Gasteiger partial charge in [-0.3, -0.25) is 0 Å². The first-order valence-corrected chi connectivity index (χ1v) is 7.92. The van der Waals surface area contributed by atoms with Gasteiger partial charge >= 0.3 is 0 Å². The molecule has 2 aromatic rings. The Morgan fingerprint density at radius 3 is 2.35 bits per heavy atom. The van der Waals surface area contributed by atoms with Gasteiger partial charge in [0.05, 0.1) is 6.04 Å². The second kappa shape index (κ2) is 7.51. The number of benzene rings is 2. The predicted octanol–water partition coefficient (Wildman–Crippen LogP) is 5.02. The van der Waals surface area contributed by atoms with Gasteiger partial charge in [-0.15, -0.1) is 0 Å². The van der Waals surface area contributed by atoms with Crippen molar-refractivity contribution in [1.29, 1.82) is 0 Å². The average Bonchev–Trinajstić information content (AvgIpc) is 2.49. The van der Waals surface area contributed by atoms with E-state index in [9.17, 15) is 8.78 Å². The van der Waals surface area contributed by atoms with Gasteiger partial charge in [0, 0.05) is 0 Å². The van der Waals surface area contributed by atoms with Crippen LogP contribution in [0.15, 0.2) is 36.4 Å². The zero-order valence-corrected chi connectivity index (χ0v) is 14.2. The Morgan fingerprint density at radius 1 is 1.13 bits per heavy atom. The number of para-hydroxylation sites is 1. The molecule has 0 spiro atoms. The van der Waals surface area contributed by atoms with Crippen LogP contribution in [0.5, 0.6) is 0 Å². The first-order valence-electron chi connectivity index (χ1n) is 7.51. The lowest BCUT2D eigenvalue weighted by atomic mass is 9.98. The van der Waals surface area contributed by atoms with Crippen molar-refractivity contribution in [2.45, 2.75) is 33.2 Å². The number of thiocarbonyl (C=S) groups is 1. The van der Waals surface area contributed by atoms with Crippen LogP contribution >= 0.6 is 12.2 Å². The normalized spacial score (nSPS) is 11.9. The molecular weight excluding hydrogens is 314 g/mol. The molecule has 0 unspecified atom stereocenters. The predicted molar refractivity (Wildman–Crippen MR) is 94.7 cm³/mol. The molecule has 2 aromatic carbocycles. The van der Waals surface area contributed by atoms with Gasteiger partial charge < -0.3 is 10.6 Å². The van der Waals surface area contributed by atoms with Gasteiger partial charge in [0.2, 0.25) is 0 Å². The second-order valence-corrected chi connectivity index (χ2v) is 5.92. The van der Waals surface area contributed by atoms with Crippen LogP contribution in [0, 0.1) is 25.5 Å². The first kappa shape index (κ1) is 17.3. The highest BCUT2D eigenvalue weighted by molar-refractivity contribution is 7.80. The molecule has 2 nitrogen and oxygen atoms in total. The van der Waals surface area contributed by atoms with E-state index in [1.54, 1.807) is 0 Å². The summed E-state index contributed by atoms with van der Waals surface area (Å²) in [7, 11) is 0. The van der Waals surface area contributed by atoms with E-state index in [0.717, 1.165) is 17.5 Å². The van der Waals surface area contributed by atoms with E-state index in [4.69, 9.17) is 12.2 Å². The van der Waals surface area contributed by atoms with Crippen molar-refractivity contribution in [2.24, 2.45) is 0 Å². The summed E-state index contributed by atoms with van der Waals surface area (Å²) >= 11 is 5.21. The van der Waals surface area contributed by atoms with E-state index in [0.29, 0.717) is 0 Å². The van der Waals surface area contributed by atoms with Gasteiger partial charge in [-0.2, -0.15) is 0 Å². The Morgan fingerprint density at radius 2 is 1.78 bits per heavy atom. The summed E-state index contributed by atoms with van der Waals surface area (Å²) in [5.41, 5.74) is 3.23. The Balaban J connectivity index is 2.14. The Kier molecular flexibility index (Phi) is 5.66. The average molecular weight is 334 g/mol. The molecule has 0 aliphatic heterocycles. The zero-order chi connectivity index (χ0) is 17.0. The summed E-state index contributed by atoms with van der Waals surface area (Å²) in [6, 6.07) is 9.87. The third kappa shape index (κ3) is 4.26. The van der Waals surface area contributed by atoms with Gasteiger partial charge in [-0.05, 0) is 55.7 Å². The Labute approximate surface area is 140 Å². The maximum atomic E-state index is 13.7. The minimum absolute atomic E-state index is 0.0227. The molecule has 0 fully saturated rings. The fraction of sp³-hybridized carbons (Fsp3) is 0.278. The van der Waals surface area contributed by atoms with Crippen molar-refractivity contribution in [2.75, 3.05) is 5.32 Å². The van der Waals surface area contributed by atoms with Crippen molar-refractivity contribution < 1.29 is 8.78 Å². The summed E-state index contributed by atoms with van der Waals surface area (Å²) in [6.07, 6.45) is 0.797. The first-order chi connectivity index (χ1) is 10.9. The minimum Gasteiger partial charge on any atom is -0.356 e. The fourth-order valence-corrected chi connectivity index (χ4v) is 2.79. The molecule has 23 heavy (non-hydrogen) atoms. The topological polar surface area (TPSA) is 24.1 Å². The molecule has 2 N–H and O–H groups in total. The number of halogens is 2. The summed E-state index contributed by atoms with van der Waals surface area (Å²) in [6.45, 7) is 6.11. The second-order valence-electron chi connectivity index (χ2n) is 5.52. The van der Waals surface area contributed by atoms with Crippen LogP contribution in [-0.4, -0.2) is 5.11 Å². The number of nitrogens with one attached hydrogen (secondary N) is 2. The van der Waals surface area contributed by atoms with Gasteiger partial charge in [0.1, 0.15) is 17.3 Å². The molecular formula is C18H20F2N2S. The number of rotatable bonds is 4. The lowest BCUT2D eigenvalue weighted by Gasteiger charge is -2.22. The van der Waals surface area contributed by atoms with Gasteiger partial charge in [0.25, 0.3) is 0 Å². The Bertz CT molecular complexity index is 696. The third-order valence-electron chi connectivity index (χ3n) is 3.72. The van der Waals surface area contributed by atoms with E-state index in [1.807, 2.05) is 26.8 Å². The number of hydrogen-bond donors (Lipinski definition) is 2. The van der Waals surface area contributed by atoms with Crippen LogP contribution in [0.2, 0.25) is 0 Å². The molecule has 0 radical (unpaired) electrons. The van der Waals surface area contributed by atoms with Crippen molar-refractivity contribution in [3.8, 4) is 0 Å².